The van der Waals surface area contributed by atoms with Crippen LogP contribution in [0.25, 0.3) is 5.57 Å². The Kier molecular flexibility index (Phi) is 4.50. The van der Waals surface area contributed by atoms with Crippen molar-refractivity contribution in [3.8, 4) is 17.6 Å². The van der Waals surface area contributed by atoms with Crippen LogP contribution in [0.1, 0.15) is 52.2 Å². The predicted octanol–water partition coefficient (Wildman–Crippen LogP) is 4.28. The third-order valence-electron chi connectivity index (χ3n) is 4.52. The van der Waals surface area contributed by atoms with Gasteiger partial charge in [-0.1, -0.05) is 34.6 Å². The molecule has 0 unspecified atom stereocenters. The smallest absolute Gasteiger partial charge is 0.178 e. The zero-order valence-corrected chi connectivity index (χ0v) is 15.5. The van der Waals surface area contributed by atoms with Gasteiger partial charge in [0.15, 0.2) is 17.3 Å². The topological polar surface area (TPSA) is 59.3 Å². The molecular weight excluding hydrogens is 302 g/mol. The lowest BCUT2D eigenvalue weighted by atomic mass is 9.83. The maximum atomic E-state index is 12.7. The highest BCUT2D eigenvalue weighted by Crippen LogP contribution is 2.50. The van der Waals surface area contributed by atoms with E-state index in [0.717, 1.165) is 16.7 Å². The van der Waals surface area contributed by atoms with Crippen LogP contribution in [0.3, 0.4) is 0 Å². The quantitative estimate of drug-likeness (QED) is 0.614. The summed E-state index contributed by atoms with van der Waals surface area (Å²) >= 11 is 0. The van der Waals surface area contributed by atoms with Gasteiger partial charge in [-0.15, -0.1) is 0 Å². The number of benzene rings is 1. The van der Waals surface area contributed by atoms with Crippen LogP contribution in [0.2, 0.25) is 0 Å². The monoisotopic (exact) mass is 327 g/mol. The number of allylic oxidation sites excluding steroid dienone is 2. The molecule has 0 spiro atoms. The van der Waals surface area contributed by atoms with Gasteiger partial charge in [0.1, 0.15) is 6.07 Å². The molecule has 0 saturated carbocycles. The van der Waals surface area contributed by atoms with Gasteiger partial charge in [0, 0.05) is 5.41 Å². The van der Waals surface area contributed by atoms with Gasteiger partial charge in [0.2, 0.25) is 0 Å². The summed E-state index contributed by atoms with van der Waals surface area (Å²) in [5.74, 6) is 1.14. The minimum Gasteiger partial charge on any atom is -0.493 e. The van der Waals surface area contributed by atoms with Gasteiger partial charge in [-0.25, -0.2) is 0 Å². The van der Waals surface area contributed by atoms with Crippen LogP contribution < -0.4 is 9.47 Å². The number of nitriles is 1. The number of methoxy groups -OCH3 is 2. The van der Waals surface area contributed by atoms with Crippen molar-refractivity contribution in [1.82, 2.24) is 0 Å². The number of ether oxygens (including phenoxy) is 2. The van der Waals surface area contributed by atoms with Crippen molar-refractivity contribution in [2.45, 2.75) is 46.5 Å². The molecule has 1 aromatic rings. The number of ketones is 1. The number of carbonyl (C=O) groups excluding carboxylic acids is 1. The summed E-state index contributed by atoms with van der Waals surface area (Å²) in [6.07, 6.45) is 0.642. The Hall–Kier alpha value is -2.28. The highest BCUT2D eigenvalue weighted by atomic mass is 16.5. The number of nitrogens with zero attached hydrogens (tertiary/aromatic N) is 1. The lowest BCUT2D eigenvalue weighted by molar-refractivity contribution is -0.122. The molecule has 4 heteroatoms. The second-order valence-corrected chi connectivity index (χ2v) is 7.86. The van der Waals surface area contributed by atoms with Crippen molar-refractivity contribution in [3.63, 3.8) is 0 Å². The maximum absolute atomic E-state index is 12.7. The minimum atomic E-state index is -0.596. The lowest BCUT2D eigenvalue weighted by Gasteiger charge is -2.20. The number of carbonyl (C=O) groups is 1. The van der Waals surface area contributed by atoms with Gasteiger partial charge in [-0.2, -0.15) is 5.26 Å². The van der Waals surface area contributed by atoms with E-state index in [4.69, 9.17) is 9.47 Å². The van der Waals surface area contributed by atoms with E-state index in [1.807, 2.05) is 32.9 Å². The molecule has 128 valence electrons. The summed E-state index contributed by atoms with van der Waals surface area (Å²) in [7, 11) is 3.19. The average Bonchev–Trinajstić information content (AvgIpc) is 2.76. The Morgan fingerprint density at radius 1 is 1.17 bits per heavy atom. The number of hydrogen-bond donors (Lipinski definition) is 0. The first-order chi connectivity index (χ1) is 11.1. The second-order valence-electron chi connectivity index (χ2n) is 7.86. The van der Waals surface area contributed by atoms with E-state index in [9.17, 15) is 10.1 Å². The Morgan fingerprint density at radius 3 is 2.17 bits per heavy atom. The molecule has 0 saturated heterocycles. The van der Waals surface area contributed by atoms with Gasteiger partial charge in [0.05, 0.1) is 19.8 Å². The standard InChI is InChI=1S/C20H25NO3/c1-19(2,3)18(22)14(11-21)13-10-20(4,5)15-9-17(24-7)16(23-6)8-12(13)15/h8-9H,10H2,1-7H3. The van der Waals surface area contributed by atoms with Crippen molar-refractivity contribution < 1.29 is 14.3 Å². The summed E-state index contributed by atoms with van der Waals surface area (Å²) in [6, 6.07) is 5.99. The number of fused-ring (bicyclic) bond motifs is 1. The van der Waals surface area contributed by atoms with Crippen molar-refractivity contribution in [2.75, 3.05) is 14.2 Å². The maximum Gasteiger partial charge on any atom is 0.178 e. The second kappa shape index (κ2) is 5.98. The number of hydrogen-bond acceptors (Lipinski definition) is 4. The van der Waals surface area contributed by atoms with Crippen molar-refractivity contribution in [3.05, 3.63) is 28.8 Å². The summed E-state index contributed by atoms with van der Waals surface area (Å²) in [4.78, 5) is 12.7. The van der Waals surface area contributed by atoms with Crippen LogP contribution >= 0.6 is 0 Å². The summed E-state index contributed by atoms with van der Waals surface area (Å²) in [5.41, 5.74) is 2.27. The molecule has 0 radical (unpaired) electrons. The molecule has 0 heterocycles. The fourth-order valence-corrected chi connectivity index (χ4v) is 3.17. The van der Waals surface area contributed by atoms with Crippen molar-refractivity contribution in [1.29, 1.82) is 5.26 Å². The van der Waals surface area contributed by atoms with Gasteiger partial charge in [-0.3, -0.25) is 4.79 Å². The predicted molar refractivity (Wildman–Crippen MR) is 94.2 cm³/mol. The average molecular weight is 327 g/mol. The van der Waals surface area contributed by atoms with Gasteiger partial charge >= 0.3 is 0 Å². The Morgan fingerprint density at radius 2 is 1.71 bits per heavy atom. The number of Topliss-reactive ketones (excluding diaryl/α,β-unsaturated/α-hetero) is 1. The molecule has 0 aromatic heterocycles. The molecule has 0 fully saturated rings. The molecule has 24 heavy (non-hydrogen) atoms. The van der Waals surface area contributed by atoms with Crippen LogP contribution in [0.15, 0.2) is 17.7 Å². The largest absolute Gasteiger partial charge is 0.493 e. The van der Waals surface area contributed by atoms with Crippen molar-refractivity contribution in [2.24, 2.45) is 5.41 Å². The molecule has 0 aliphatic heterocycles. The first-order valence-electron chi connectivity index (χ1n) is 8.01. The molecular formula is C20H25NO3. The third-order valence-corrected chi connectivity index (χ3v) is 4.52. The fourth-order valence-electron chi connectivity index (χ4n) is 3.17. The minimum absolute atomic E-state index is 0.126. The molecule has 2 rings (SSSR count). The molecule has 0 bridgehead atoms. The van der Waals surface area contributed by atoms with Crippen LogP contribution in [0.5, 0.6) is 11.5 Å². The summed E-state index contributed by atoms with van der Waals surface area (Å²) < 4.78 is 10.8. The van der Waals surface area contributed by atoms with E-state index in [1.165, 1.54) is 0 Å². The fraction of sp³-hybridized carbons (Fsp3) is 0.500. The Balaban J connectivity index is 2.77. The molecule has 0 amide bonds. The van der Waals surface area contributed by atoms with E-state index in [1.54, 1.807) is 14.2 Å². The normalized spacial score (nSPS) is 17.8. The highest BCUT2D eigenvalue weighted by molar-refractivity contribution is 6.09. The van der Waals surface area contributed by atoms with E-state index >= 15 is 0 Å². The zero-order valence-electron chi connectivity index (χ0n) is 15.5. The molecule has 0 atom stereocenters. The van der Waals surface area contributed by atoms with E-state index < -0.39 is 5.41 Å². The van der Waals surface area contributed by atoms with Crippen LogP contribution in [0.4, 0.5) is 0 Å². The van der Waals surface area contributed by atoms with Crippen molar-refractivity contribution >= 4 is 11.4 Å². The van der Waals surface area contributed by atoms with Gasteiger partial charge in [0.25, 0.3) is 0 Å². The third kappa shape index (κ3) is 2.91. The SMILES string of the molecule is COc1cc2c(cc1OC)C(C)(C)CC2=C(C#N)C(=O)C(C)(C)C. The molecule has 4 nitrogen and oxygen atoms in total. The summed E-state index contributed by atoms with van der Waals surface area (Å²) in [5, 5.41) is 9.66. The highest BCUT2D eigenvalue weighted by Gasteiger charge is 2.39. The van der Waals surface area contributed by atoms with Crippen LogP contribution in [-0.4, -0.2) is 20.0 Å². The van der Waals surface area contributed by atoms with Gasteiger partial charge in [-0.05, 0) is 40.7 Å². The molecule has 1 aliphatic rings. The summed E-state index contributed by atoms with van der Waals surface area (Å²) in [6.45, 7) is 9.73. The first kappa shape index (κ1) is 18.1. The molecule has 0 N–H and O–H groups in total. The Labute approximate surface area is 144 Å². The molecule has 1 aliphatic carbocycles. The van der Waals surface area contributed by atoms with Gasteiger partial charge < -0.3 is 9.47 Å². The van der Waals surface area contributed by atoms with Crippen LogP contribution in [0, 0.1) is 16.7 Å². The first-order valence-corrected chi connectivity index (χ1v) is 8.01. The van der Waals surface area contributed by atoms with Crippen LogP contribution in [-0.2, 0) is 10.2 Å². The zero-order chi connectivity index (χ0) is 18.3. The van der Waals surface area contributed by atoms with E-state index in [0.29, 0.717) is 17.9 Å². The lowest BCUT2D eigenvalue weighted by Crippen LogP contribution is -2.22. The molecule has 1 aromatic carbocycles. The number of rotatable bonds is 3. The van der Waals surface area contributed by atoms with E-state index in [2.05, 4.69) is 19.9 Å². The Bertz CT molecular complexity index is 758. The van der Waals surface area contributed by atoms with E-state index in [-0.39, 0.29) is 16.8 Å².